The molecule has 1 aromatic rings. The zero-order valence-corrected chi connectivity index (χ0v) is 10.9. The number of hydrogen-bond acceptors (Lipinski definition) is 2. The number of aryl methyl sites for hydroxylation is 1. The van der Waals surface area contributed by atoms with E-state index in [-0.39, 0.29) is 11.8 Å². The number of carbonyl (C=O) groups is 1. The van der Waals surface area contributed by atoms with Gasteiger partial charge in [-0.15, -0.1) is 0 Å². The molecule has 0 radical (unpaired) electrons. The normalized spacial score (nSPS) is 16.4. The number of amides is 1. The topological polar surface area (TPSA) is 42.0 Å². The van der Waals surface area contributed by atoms with Gasteiger partial charge in [-0.2, -0.15) is 0 Å². The Morgan fingerprint density at radius 3 is 2.81 bits per heavy atom. The zero-order valence-electron chi connectivity index (χ0n) is 9.29. The molecule has 0 spiro atoms. The van der Waals surface area contributed by atoms with Gasteiger partial charge in [0.05, 0.1) is 0 Å². The van der Waals surface area contributed by atoms with E-state index >= 15 is 0 Å². The second-order valence-electron chi connectivity index (χ2n) is 4.29. The van der Waals surface area contributed by atoms with E-state index in [0.717, 1.165) is 22.9 Å². The minimum atomic E-state index is 0.117. The van der Waals surface area contributed by atoms with Gasteiger partial charge in [0.1, 0.15) is 5.82 Å². The number of halogens is 1. The van der Waals surface area contributed by atoms with Gasteiger partial charge in [0.15, 0.2) is 0 Å². The standard InChI is InChI=1S/C12H15BrN2O/c1-8-6-11(14-7-10(8)13)15-12(16)9-4-2-3-5-9/h6-7,9H,2-5H2,1H3,(H,14,15,16). The van der Waals surface area contributed by atoms with Gasteiger partial charge in [-0.05, 0) is 47.3 Å². The van der Waals surface area contributed by atoms with Gasteiger partial charge < -0.3 is 5.32 Å². The fourth-order valence-corrected chi connectivity index (χ4v) is 2.24. The van der Waals surface area contributed by atoms with Gasteiger partial charge in [-0.1, -0.05) is 12.8 Å². The Kier molecular flexibility index (Phi) is 3.59. The summed E-state index contributed by atoms with van der Waals surface area (Å²) in [5, 5.41) is 2.88. The van der Waals surface area contributed by atoms with Crippen molar-refractivity contribution in [2.45, 2.75) is 32.6 Å². The van der Waals surface area contributed by atoms with Gasteiger partial charge in [-0.25, -0.2) is 4.98 Å². The summed E-state index contributed by atoms with van der Waals surface area (Å²) in [6.07, 6.45) is 6.10. The predicted molar refractivity (Wildman–Crippen MR) is 67.3 cm³/mol. The summed E-state index contributed by atoms with van der Waals surface area (Å²) >= 11 is 3.39. The van der Waals surface area contributed by atoms with Crippen molar-refractivity contribution in [1.82, 2.24) is 4.98 Å². The minimum Gasteiger partial charge on any atom is -0.310 e. The van der Waals surface area contributed by atoms with Crippen LogP contribution in [0, 0.1) is 12.8 Å². The second-order valence-corrected chi connectivity index (χ2v) is 5.14. The van der Waals surface area contributed by atoms with E-state index in [1.807, 2.05) is 13.0 Å². The molecule has 1 fully saturated rings. The molecule has 2 rings (SSSR count). The van der Waals surface area contributed by atoms with Crippen LogP contribution in [0.2, 0.25) is 0 Å². The molecule has 0 aromatic carbocycles. The molecule has 0 saturated heterocycles. The molecule has 3 nitrogen and oxygen atoms in total. The summed E-state index contributed by atoms with van der Waals surface area (Å²) in [6.45, 7) is 1.98. The third kappa shape index (κ3) is 2.61. The molecule has 0 bridgehead atoms. The van der Waals surface area contributed by atoms with Crippen molar-refractivity contribution < 1.29 is 4.79 Å². The first-order valence-electron chi connectivity index (χ1n) is 5.60. The molecular weight excluding hydrogens is 268 g/mol. The number of carbonyl (C=O) groups excluding carboxylic acids is 1. The summed E-state index contributed by atoms with van der Waals surface area (Å²) in [4.78, 5) is 16.0. The highest BCUT2D eigenvalue weighted by molar-refractivity contribution is 9.10. The quantitative estimate of drug-likeness (QED) is 0.905. The lowest BCUT2D eigenvalue weighted by molar-refractivity contribution is -0.119. The molecule has 1 aromatic heterocycles. The van der Waals surface area contributed by atoms with E-state index in [1.165, 1.54) is 12.8 Å². The monoisotopic (exact) mass is 282 g/mol. The van der Waals surface area contributed by atoms with Gasteiger partial charge >= 0.3 is 0 Å². The van der Waals surface area contributed by atoms with Crippen molar-refractivity contribution in [2.75, 3.05) is 5.32 Å². The van der Waals surface area contributed by atoms with E-state index in [4.69, 9.17) is 0 Å². The van der Waals surface area contributed by atoms with Crippen LogP contribution in [-0.4, -0.2) is 10.9 Å². The van der Waals surface area contributed by atoms with Crippen LogP contribution >= 0.6 is 15.9 Å². The van der Waals surface area contributed by atoms with Crippen molar-refractivity contribution in [3.8, 4) is 0 Å². The van der Waals surface area contributed by atoms with E-state index in [2.05, 4.69) is 26.2 Å². The Hall–Kier alpha value is -0.900. The highest BCUT2D eigenvalue weighted by Crippen LogP contribution is 2.26. The number of rotatable bonds is 2. The van der Waals surface area contributed by atoms with Gasteiger partial charge in [0.25, 0.3) is 0 Å². The Morgan fingerprint density at radius 2 is 2.19 bits per heavy atom. The summed E-state index contributed by atoms with van der Waals surface area (Å²) in [7, 11) is 0. The molecule has 1 saturated carbocycles. The first kappa shape index (κ1) is 11.6. The molecule has 0 unspecified atom stereocenters. The second kappa shape index (κ2) is 4.95. The van der Waals surface area contributed by atoms with Crippen LogP contribution < -0.4 is 5.32 Å². The highest BCUT2D eigenvalue weighted by atomic mass is 79.9. The Balaban J connectivity index is 2.02. The van der Waals surface area contributed by atoms with Gasteiger partial charge in [-0.3, -0.25) is 4.79 Å². The van der Waals surface area contributed by atoms with Crippen LogP contribution in [-0.2, 0) is 4.79 Å². The van der Waals surface area contributed by atoms with E-state index in [0.29, 0.717) is 5.82 Å². The summed E-state index contributed by atoms with van der Waals surface area (Å²) in [6, 6.07) is 1.89. The SMILES string of the molecule is Cc1cc(NC(=O)C2CCCC2)ncc1Br. The van der Waals surface area contributed by atoms with Crippen LogP contribution in [0.1, 0.15) is 31.2 Å². The molecule has 86 valence electrons. The average Bonchev–Trinajstić information content (AvgIpc) is 2.77. The maximum absolute atomic E-state index is 11.8. The van der Waals surface area contributed by atoms with E-state index in [1.54, 1.807) is 6.20 Å². The number of pyridine rings is 1. The Bertz CT molecular complexity index is 400. The third-order valence-electron chi connectivity index (χ3n) is 3.02. The number of nitrogens with one attached hydrogen (secondary N) is 1. The van der Waals surface area contributed by atoms with Gasteiger partial charge in [0.2, 0.25) is 5.91 Å². The number of aromatic nitrogens is 1. The molecule has 16 heavy (non-hydrogen) atoms. The minimum absolute atomic E-state index is 0.117. The molecule has 0 aliphatic heterocycles. The molecule has 1 aliphatic carbocycles. The molecule has 1 aliphatic rings. The summed E-state index contributed by atoms with van der Waals surface area (Å²) in [5.74, 6) is 0.954. The van der Waals surface area contributed by atoms with Crippen LogP contribution in [0.15, 0.2) is 16.7 Å². The maximum Gasteiger partial charge on any atom is 0.228 e. The van der Waals surface area contributed by atoms with Crippen LogP contribution in [0.4, 0.5) is 5.82 Å². The van der Waals surface area contributed by atoms with Gasteiger partial charge in [0, 0.05) is 16.6 Å². The van der Waals surface area contributed by atoms with Crippen molar-refractivity contribution in [3.05, 3.63) is 22.3 Å². The average molecular weight is 283 g/mol. The highest BCUT2D eigenvalue weighted by Gasteiger charge is 2.22. The number of hydrogen-bond donors (Lipinski definition) is 1. The molecule has 1 amide bonds. The molecule has 0 atom stereocenters. The van der Waals surface area contributed by atoms with Crippen molar-refractivity contribution in [3.63, 3.8) is 0 Å². The largest absolute Gasteiger partial charge is 0.310 e. The van der Waals surface area contributed by atoms with Crippen LogP contribution in [0.5, 0.6) is 0 Å². The fourth-order valence-electron chi connectivity index (χ4n) is 2.02. The molecule has 4 heteroatoms. The number of nitrogens with zero attached hydrogens (tertiary/aromatic N) is 1. The zero-order chi connectivity index (χ0) is 11.5. The molecule has 1 N–H and O–H groups in total. The summed E-state index contributed by atoms with van der Waals surface area (Å²) < 4.78 is 0.964. The fraction of sp³-hybridized carbons (Fsp3) is 0.500. The van der Waals surface area contributed by atoms with Crippen molar-refractivity contribution in [1.29, 1.82) is 0 Å². The maximum atomic E-state index is 11.8. The van der Waals surface area contributed by atoms with Crippen molar-refractivity contribution in [2.24, 2.45) is 5.92 Å². The van der Waals surface area contributed by atoms with Crippen molar-refractivity contribution >= 4 is 27.7 Å². The smallest absolute Gasteiger partial charge is 0.228 e. The van der Waals surface area contributed by atoms with Crippen LogP contribution in [0.25, 0.3) is 0 Å². The molecular formula is C12H15BrN2O. The first-order chi connectivity index (χ1) is 7.66. The lowest BCUT2D eigenvalue weighted by atomic mass is 10.1. The first-order valence-corrected chi connectivity index (χ1v) is 6.39. The Labute approximate surface area is 104 Å². The van der Waals surface area contributed by atoms with Crippen LogP contribution in [0.3, 0.4) is 0 Å². The Morgan fingerprint density at radius 1 is 1.50 bits per heavy atom. The lowest BCUT2D eigenvalue weighted by Gasteiger charge is -2.10. The predicted octanol–water partition coefficient (Wildman–Crippen LogP) is 3.28. The summed E-state index contributed by atoms with van der Waals surface area (Å²) in [5.41, 5.74) is 1.08. The number of anilines is 1. The molecule has 1 heterocycles. The lowest BCUT2D eigenvalue weighted by Crippen LogP contribution is -2.20. The van der Waals surface area contributed by atoms with E-state index in [9.17, 15) is 4.79 Å². The third-order valence-corrected chi connectivity index (χ3v) is 3.85. The van der Waals surface area contributed by atoms with E-state index < -0.39 is 0 Å².